The highest BCUT2D eigenvalue weighted by Crippen LogP contribution is 2.35. The van der Waals surface area contributed by atoms with Gasteiger partial charge in [0.15, 0.2) is 0 Å². The van der Waals surface area contributed by atoms with Crippen LogP contribution in [0.4, 0.5) is 11.4 Å². The van der Waals surface area contributed by atoms with Crippen LogP contribution in [-0.4, -0.2) is 36.5 Å². The van der Waals surface area contributed by atoms with Crippen molar-refractivity contribution in [1.29, 1.82) is 0 Å². The number of fused-ring (bicyclic) bond motifs is 2. The molecule has 0 spiro atoms. The Kier molecular flexibility index (Phi) is 4.74. The maximum absolute atomic E-state index is 12.8. The lowest BCUT2D eigenvalue weighted by molar-refractivity contribution is 0.0589. The maximum Gasteiger partial charge on any atom is 0.257 e. The van der Waals surface area contributed by atoms with Gasteiger partial charge < -0.3 is 15.1 Å². The molecule has 2 aliphatic rings. The molecular weight excluding hydrogens is 385 g/mol. The van der Waals surface area contributed by atoms with Crippen LogP contribution in [0.3, 0.4) is 0 Å². The molecule has 0 aromatic heterocycles. The summed E-state index contributed by atoms with van der Waals surface area (Å²) in [5.41, 5.74) is 2.39. The molecule has 4 rings (SSSR count). The zero-order chi connectivity index (χ0) is 19.1. The predicted molar refractivity (Wildman–Crippen MR) is 108 cm³/mol. The van der Waals surface area contributed by atoms with Gasteiger partial charge in [0, 0.05) is 24.2 Å². The molecule has 27 heavy (non-hydrogen) atoms. The van der Waals surface area contributed by atoms with E-state index in [0.29, 0.717) is 26.9 Å². The molecule has 140 valence electrons. The fourth-order valence-corrected chi connectivity index (χ4v) is 4.26. The van der Waals surface area contributed by atoms with Gasteiger partial charge in [-0.2, -0.15) is 0 Å². The highest BCUT2D eigenvalue weighted by molar-refractivity contribution is 6.36. The van der Waals surface area contributed by atoms with Crippen molar-refractivity contribution < 1.29 is 9.59 Å². The van der Waals surface area contributed by atoms with E-state index < -0.39 is 0 Å². The van der Waals surface area contributed by atoms with E-state index in [1.54, 1.807) is 36.4 Å². The van der Waals surface area contributed by atoms with E-state index in [1.165, 1.54) is 0 Å². The summed E-state index contributed by atoms with van der Waals surface area (Å²) in [5.74, 6) is -0.241. The third-order valence-corrected chi connectivity index (χ3v) is 5.78. The molecule has 1 fully saturated rings. The van der Waals surface area contributed by atoms with E-state index in [1.807, 2.05) is 11.9 Å². The largest absolute Gasteiger partial charge is 0.354 e. The average Bonchev–Trinajstić information content (AvgIpc) is 2.68. The number of nitrogens with zero attached hydrogens (tertiary/aromatic N) is 2. The van der Waals surface area contributed by atoms with E-state index in [9.17, 15) is 9.59 Å². The highest BCUT2D eigenvalue weighted by Gasteiger charge is 2.37. The lowest BCUT2D eigenvalue weighted by Crippen LogP contribution is -2.55. The summed E-state index contributed by atoms with van der Waals surface area (Å²) in [7, 11) is 1.98. The van der Waals surface area contributed by atoms with Crippen LogP contribution in [0.1, 0.15) is 40.0 Å². The smallest absolute Gasteiger partial charge is 0.257 e. The molecule has 2 heterocycles. The number of carbonyl (C=O) groups excluding carboxylic acids is 2. The SMILES string of the molecule is CN1c2cc(C(=O)Nc3ccc(Cl)cc3Cl)ccc2C(=O)N2CCCCC21. The Labute approximate surface area is 167 Å². The van der Waals surface area contributed by atoms with Gasteiger partial charge >= 0.3 is 0 Å². The minimum atomic E-state index is -0.283. The minimum Gasteiger partial charge on any atom is -0.354 e. The molecule has 2 aliphatic heterocycles. The summed E-state index contributed by atoms with van der Waals surface area (Å²) in [5, 5.41) is 3.68. The molecule has 2 aromatic carbocycles. The van der Waals surface area contributed by atoms with Crippen molar-refractivity contribution in [2.24, 2.45) is 0 Å². The number of amides is 2. The van der Waals surface area contributed by atoms with Crippen LogP contribution in [-0.2, 0) is 0 Å². The van der Waals surface area contributed by atoms with Crippen LogP contribution in [0.15, 0.2) is 36.4 Å². The zero-order valence-corrected chi connectivity index (χ0v) is 16.3. The van der Waals surface area contributed by atoms with Gasteiger partial charge in [-0.25, -0.2) is 0 Å². The highest BCUT2D eigenvalue weighted by atomic mass is 35.5. The number of halogens is 2. The number of benzene rings is 2. The van der Waals surface area contributed by atoms with Crippen molar-refractivity contribution in [3.05, 3.63) is 57.6 Å². The van der Waals surface area contributed by atoms with Crippen LogP contribution in [0.25, 0.3) is 0 Å². The molecule has 0 saturated carbocycles. The Bertz CT molecular complexity index is 931. The number of nitrogens with one attached hydrogen (secondary N) is 1. The molecule has 1 N–H and O–H groups in total. The summed E-state index contributed by atoms with van der Waals surface area (Å²) >= 11 is 12.0. The number of rotatable bonds is 2. The van der Waals surface area contributed by atoms with Crippen LogP contribution in [0.2, 0.25) is 10.0 Å². The summed E-state index contributed by atoms with van der Waals surface area (Å²) < 4.78 is 0. The van der Waals surface area contributed by atoms with Crippen LogP contribution in [0.5, 0.6) is 0 Å². The lowest BCUT2D eigenvalue weighted by atomic mass is 9.97. The molecule has 1 saturated heterocycles. The van der Waals surface area contributed by atoms with Crippen molar-refractivity contribution in [2.45, 2.75) is 25.4 Å². The lowest BCUT2D eigenvalue weighted by Gasteiger charge is -2.46. The number of anilines is 2. The zero-order valence-electron chi connectivity index (χ0n) is 14.8. The summed E-state index contributed by atoms with van der Waals surface area (Å²) in [6.07, 6.45) is 3.14. The third-order valence-electron chi connectivity index (χ3n) is 5.23. The monoisotopic (exact) mass is 403 g/mol. The van der Waals surface area contributed by atoms with Gasteiger partial charge in [-0.3, -0.25) is 9.59 Å². The quantitative estimate of drug-likeness (QED) is 0.793. The predicted octanol–water partition coefficient (Wildman–Crippen LogP) is 4.65. The van der Waals surface area contributed by atoms with Gasteiger partial charge in [-0.15, -0.1) is 0 Å². The first-order chi connectivity index (χ1) is 13.0. The Morgan fingerprint density at radius 3 is 2.74 bits per heavy atom. The summed E-state index contributed by atoms with van der Waals surface area (Å²) in [6, 6.07) is 10.1. The van der Waals surface area contributed by atoms with E-state index in [-0.39, 0.29) is 18.0 Å². The number of carbonyl (C=O) groups is 2. The molecule has 7 heteroatoms. The fraction of sp³-hybridized carbons (Fsp3) is 0.300. The maximum atomic E-state index is 12.8. The first kappa shape index (κ1) is 18.1. The van der Waals surface area contributed by atoms with Crippen molar-refractivity contribution in [3.8, 4) is 0 Å². The topological polar surface area (TPSA) is 52.7 Å². The fourth-order valence-electron chi connectivity index (χ4n) is 3.80. The first-order valence-electron chi connectivity index (χ1n) is 8.90. The van der Waals surface area contributed by atoms with Crippen LogP contribution < -0.4 is 10.2 Å². The molecule has 1 unspecified atom stereocenters. The summed E-state index contributed by atoms with van der Waals surface area (Å²) in [6.45, 7) is 0.782. The van der Waals surface area contributed by atoms with Gasteiger partial charge in [-0.05, 0) is 55.7 Å². The van der Waals surface area contributed by atoms with Crippen molar-refractivity contribution in [1.82, 2.24) is 4.90 Å². The Morgan fingerprint density at radius 1 is 1.15 bits per heavy atom. The van der Waals surface area contributed by atoms with Crippen molar-refractivity contribution in [2.75, 3.05) is 23.8 Å². The molecule has 0 bridgehead atoms. The molecule has 2 aromatic rings. The Hall–Kier alpha value is -2.24. The summed E-state index contributed by atoms with van der Waals surface area (Å²) in [4.78, 5) is 29.5. The molecule has 5 nitrogen and oxygen atoms in total. The molecule has 0 radical (unpaired) electrons. The van der Waals surface area contributed by atoms with Gasteiger partial charge in [-0.1, -0.05) is 23.2 Å². The Morgan fingerprint density at radius 2 is 1.96 bits per heavy atom. The van der Waals surface area contributed by atoms with Crippen LogP contribution in [0, 0.1) is 0 Å². The van der Waals surface area contributed by atoms with E-state index in [4.69, 9.17) is 23.2 Å². The minimum absolute atomic E-state index is 0.0421. The first-order valence-corrected chi connectivity index (χ1v) is 9.65. The second kappa shape index (κ2) is 7.06. The average molecular weight is 404 g/mol. The van der Waals surface area contributed by atoms with E-state index in [2.05, 4.69) is 10.2 Å². The van der Waals surface area contributed by atoms with Gasteiger partial charge in [0.25, 0.3) is 11.8 Å². The number of piperidine rings is 1. The van der Waals surface area contributed by atoms with Gasteiger partial charge in [0.1, 0.15) is 6.17 Å². The normalized spacial score (nSPS) is 18.8. The van der Waals surface area contributed by atoms with E-state index >= 15 is 0 Å². The second-order valence-corrected chi connectivity index (χ2v) is 7.74. The Balaban J connectivity index is 1.63. The van der Waals surface area contributed by atoms with Crippen molar-refractivity contribution >= 4 is 46.4 Å². The standard InChI is InChI=1S/C20H19Cl2N3O2/c1-24-17-10-12(19(26)23-16-8-6-13(21)11-15(16)22)5-7-14(17)20(27)25-9-3-2-4-18(24)25/h5-8,10-11,18H,2-4,9H2,1H3,(H,23,26). The number of hydrogen-bond acceptors (Lipinski definition) is 3. The molecular formula is C20H19Cl2N3O2. The number of hydrogen-bond donors (Lipinski definition) is 1. The molecule has 0 aliphatic carbocycles. The molecule has 1 atom stereocenters. The second-order valence-electron chi connectivity index (χ2n) is 6.90. The van der Waals surface area contributed by atoms with Gasteiger partial charge in [0.2, 0.25) is 0 Å². The third kappa shape index (κ3) is 3.26. The van der Waals surface area contributed by atoms with Crippen molar-refractivity contribution in [3.63, 3.8) is 0 Å². The van der Waals surface area contributed by atoms with E-state index in [0.717, 1.165) is 31.5 Å². The van der Waals surface area contributed by atoms with Crippen LogP contribution >= 0.6 is 23.2 Å². The van der Waals surface area contributed by atoms with Gasteiger partial charge in [0.05, 0.1) is 22.0 Å². The molecule has 2 amide bonds.